The zero-order chi connectivity index (χ0) is 12.7. The van der Waals surface area contributed by atoms with Crippen molar-refractivity contribution < 1.29 is 14.2 Å². The Balaban J connectivity index is 1.56. The van der Waals surface area contributed by atoms with Gasteiger partial charge in [-0.15, -0.1) is 22.7 Å². The maximum atomic E-state index is 6.36. The first-order chi connectivity index (χ1) is 9.42. The summed E-state index contributed by atoms with van der Waals surface area (Å²) in [5.74, 6) is 0. The molecule has 2 saturated heterocycles. The van der Waals surface area contributed by atoms with Crippen LogP contribution < -0.4 is 0 Å². The largest absolute Gasteiger partial charge is 0.370 e. The van der Waals surface area contributed by atoms with Crippen LogP contribution in [-0.2, 0) is 14.2 Å². The molecule has 19 heavy (non-hydrogen) atoms. The quantitative estimate of drug-likeness (QED) is 0.766. The second kappa shape index (κ2) is 5.00. The Kier molecular flexibility index (Phi) is 3.17. The first-order valence-corrected chi connectivity index (χ1v) is 8.13. The van der Waals surface area contributed by atoms with Gasteiger partial charge >= 0.3 is 0 Å². The third-order valence-electron chi connectivity index (χ3n) is 3.33. The van der Waals surface area contributed by atoms with Crippen molar-refractivity contribution in [1.82, 2.24) is 0 Å². The van der Waals surface area contributed by atoms with Crippen LogP contribution in [-0.4, -0.2) is 25.4 Å². The Morgan fingerprint density at radius 2 is 1.42 bits per heavy atom. The van der Waals surface area contributed by atoms with Crippen molar-refractivity contribution in [3.63, 3.8) is 0 Å². The number of epoxide rings is 2. The number of rotatable bonds is 6. The molecule has 4 unspecified atom stereocenters. The van der Waals surface area contributed by atoms with E-state index in [9.17, 15) is 0 Å². The summed E-state index contributed by atoms with van der Waals surface area (Å²) in [6.45, 7) is 1.59. The van der Waals surface area contributed by atoms with Crippen molar-refractivity contribution in [2.45, 2.75) is 24.4 Å². The number of ether oxygens (including phenoxy) is 3. The zero-order valence-electron chi connectivity index (χ0n) is 10.2. The van der Waals surface area contributed by atoms with Gasteiger partial charge in [0.15, 0.2) is 0 Å². The lowest BCUT2D eigenvalue weighted by molar-refractivity contribution is -0.0384. The van der Waals surface area contributed by atoms with Gasteiger partial charge in [-0.3, -0.25) is 0 Å². The number of hydrogen-bond donors (Lipinski definition) is 0. The van der Waals surface area contributed by atoms with Gasteiger partial charge in [-0.1, -0.05) is 12.1 Å². The molecule has 2 aromatic rings. The van der Waals surface area contributed by atoms with Crippen LogP contribution in [0.25, 0.3) is 0 Å². The number of hydrogen-bond acceptors (Lipinski definition) is 5. The molecular formula is C14H14O3S2. The van der Waals surface area contributed by atoms with Crippen molar-refractivity contribution in [3.05, 3.63) is 44.8 Å². The SMILES string of the molecule is c1csc(C(OC(c2cccs2)C2CO2)C2CO2)c1. The molecule has 0 saturated carbocycles. The topological polar surface area (TPSA) is 34.3 Å². The third-order valence-corrected chi connectivity index (χ3v) is 5.20. The van der Waals surface area contributed by atoms with Crippen molar-refractivity contribution in [3.8, 4) is 0 Å². The van der Waals surface area contributed by atoms with Crippen molar-refractivity contribution >= 4 is 22.7 Å². The van der Waals surface area contributed by atoms with Crippen LogP contribution in [0.5, 0.6) is 0 Å². The molecular weight excluding hydrogens is 280 g/mol. The van der Waals surface area contributed by atoms with Gasteiger partial charge in [-0.2, -0.15) is 0 Å². The molecule has 4 rings (SSSR count). The second-order valence-corrected chi connectivity index (χ2v) is 6.71. The van der Waals surface area contributed by atoms with Gasteiger partial charge in [0.2, 0.25) is 0 Å². The lowest BCUT2D eigenvalue weighted by Crippen LogP contribution is -2.17. The lowest BCUT2D eigenvalue weighted by Gasteiger charge is -2.21. The van der Waals surface area contributed by atoms with E-state index in [-0.39, 0.29) is 24.4 Å². The summed E-state index contributed by atoms with van der Waals surface area (Å²) in [6, 6.07) is 8.37. The minimum Gasteiger partial charge on any atom is -0.370 e. The van der Waals surface area contributed by atoms with E-state index >= 15 is 0 Å². The number of thiophene rings is 2. The fraction of sp³-hybridized carbons (Fsp3) is 0.429. The molecule has 2 aliphatic rings. The summed E-state index contributed by atoms with van der Waals surface area (Å²) in [6.07, 6.45) is 0.493. The van der Waals surface area contributed by atoms with Crippen LogP contribution in [0.2, 0.25) is 0 Å². The van der Waals surface area contributed by atoms with Crippen LogP contribution in [0, 0.1) is 0 Å². The average molecular weight is 294 g/mol. The summed E-state index contributed by atoms with van der Waals surface area (Å²) >= 11 is 3.46. The summed E-state index contributed by atoms with van der Waals surface area (Å²) in [5.41, 5.74) is 0. The highest BCUT2D eigenvalue weighted by atomic mass is 32.1. The van der Waals surface area contributed by atoms with Crippen LogP contribution >= 0.6 is 22.7 Å². The summed E-state index contributed by atoms with van der Waals surface area (Å²) in [5, 5.41) is 4.17. The van der Waals surface area contributed by atoms with Crippen molar-refractivity contribution in [1.29, 1.82) is 0 Å². The molecule has 0 aliphatic carbocycles. The normalized spacial score (nSPS) is 28.0. The highest BCUT2D eigenvalue weighted by molar-refractivity contribution is 7.10. The zero-order valence-corrected chi connectivity index (χ0v) is 11.9. The Hall–Kier alpha value is -0.720. The van der Waals surface area contributed by atoms with E-state index in [2.05, 4.69) is 35.0 Å². The van der Waals surface area contributed by atoms with E-state index < -0.39 is 0 Å². The molecule has 0 spiro atoms. The first kappa shape index (κ1) is 12.1. The summed E-state index contributed by atoms with van der Waals surface area (Å²) < 4.78 is 17.3. The van der Waals surface area contributed by atoms with Gasteiger partial charge in [-0.25, -0.2) is 0 Å². The second-order valence-electron chi connectivity index (χ2n) is 4.75. The van der Waals surface area contributed by atoms with Gasteiger partial charge in [0.1, 0.15) is 24.4 Å². The minimum absolute atomic E-state index is 0.0382. The molecule has 4 heterocycles. The maximum Gasteiger partial charge on any atom is 0.121 e. The van der Waals surface area contributed by atoms with Gasteiger partial charge in [0, 0.05) is 9.75 Å². The van der Waals surface area contributed by atoms with E-state index in [1.165, 1.54) is 9.75 Å². The van der Waals surface area contributed by atoms with Crippen LogP contribution in [0.3, 0.4) is 0 Å². The molecule has 100 valence electrons. The third kappa shape index (κ3) is 2.61. The molecule has 2 aliphatic heterocycles. The summed E-state index contributed by atoms with van der Waals surface area (Å²) in [4.78, 5) is 2.48. The van der Waals surface area contributed by atoms with Crippen molar-refractivity contribution in [2.75, 3.05) is 13.2 Å². The Morgan fingerprint density at radius 3 is 1.74 bits per heavy atom. The fourth-order valence-corrected chi connectivity index (χ4v) is 3.83. The van der Waals surface area contributed by atoms with E-state index in [4.69, 9.17) is 14.2 Å². The highest BCUT2D eigenvalue weighted by Gasteiger charge is 2.42. The maximum absolute atomic E-state index is 6.36. The van der Waals surface area contributed by atoms with Crippen molar-refractivity contribution in [2.24, 2.45) is 0 Å². The van der Waals surface area contributed by atoms with Gasteiger partial charge in [0.05, 0.1) is 13.2 Å². The van der Waals surface area contributed by atoms with Crippen LogP contribution in [0.15, 0.2) is 35.0 Å². The Labute approximate surface area is 119 Å². The predicted octanol–water partition coefficient (Wildman–Crippen LogP) is 3.41. The van der Waals surface area contributed by atoms with E-state index in [0.717, 1.165) is 13.2 Å². The standard InChI is InChI=1S/C14H14O3S2/c1-3-11(18-5-1)13(9-7-15-9)17-14(10-8-16-10)12-4-2-6-19-12/h1-6,9-10,13-14H,7-8H2. The van der Waals surface area contributed by atoms with E-state index in [0.29, 0.717) is 0 Å². The first-order valence-electron chi connectivity index (χ1n) is 6.37. The molecule has 0 aromatic carbocycles. The van der Waals surface area contributed by atoms with Gasteiger partial charge < -0.3 is 14.2 Å². The van der Waals surface area contributed by atoms with Crippen LogP contribution in [0.4, 0.5) is 0 Å². The van der Waals surface area contributed by atoms with Gasteiger partial charge in [0.25, 0.3) is 0 Å². The fourth-order valence-electron chi connectivity index (χ4n) is 2.20. The van der Waals surface area contributed by atoms with Crippen LogP contribution in [0.1, 0.15) is 22.0 Å². The molecule has 3 nitrogen and oxygen atoms in total. The van der Waals surface area contributed by atoms with E-state index in [1.54, 1.807) is 22.7 Å². The lowest BCUT2D eigenvalue weighted by atomic mass is 10.2. The average Bonchev–Trinajstić information content (AvgIpc) is 3.32. The van der Waals surface area contributed by atoms with E-state index in [1.807, 2.05) is 0 Å². The van der Waals surface area contributed by atoms with Gasteiger partial charge in [-0.05, 0) is 22.9 Å². The monoisotopic (exact) mass is 294 g/mol. The molecule has 2 aromatic heterocycles. The summed E-state index contributed by atoms with van der Waals surface area (Å²) in [7, 11) is 0. The molecule has 4 atom stereocenters. The molecule has 0 bridgehead atoms. The Bertz CT molecular complexity index is 467. The molecule has 5 heteroatoms. The highest BCUT2D eigenvalue weighted by Crippen LogP contribution is 2.42. The molecule has 2 fully saturated rings. The smallest absolute Gasteiger partial charge is 0.121 e. The Morgan fingerprint density at radius 1 is 0.947 bits per heavy atom. The minimum atomic E-state index is 0.0382. The molecule has 0 N–H and O–H groups in total. The predicted molar refractivity (Wildman–Crippen MR) is 74.7 cm³/mol. The molecule has 0 radical (unpaired) electrons. The molecule has 0 amide bonds.